The fourth-order valence-electron chi connectivity index (χ4n) is 2.19. The summed E-state index contributed by atoms with van der Waals surface area (Å²) in [6.45, 7) is 2.35. The molecule has 6 nitrogen and oxygen atoms in total. The molecule has 1 aliphatic rings. The van der Waals surface area contributed by atoms with Crippen LogP contribution in [0.5, 0.6) is 0 Å². The summed E-state index contributed by atoms with van der Waals surface area (Å²) in [5.41, 5.74) is -0.685. The lowest BCUT2D eigenvalue weighted by Gasteiger charge is -2.13. The second-order valence-corrected chi connectivity index (χ2v) is 7.12. The largest absolute Gasteiger partial charge is 0.381 e. The van der Waals surface area contributed by atoms with Gasteiger partial charge in [0.1, 0.15) is 11.6 Å². The van der Waals surface area contributed by atoms with Crippen molar-refractivity contribution >= 4 is 27.3 Å². The van der Waals surface area contributed by atoms with Gasteiger partial charge in [0.2, 0.25) is 15.9 Å². The Bertz CT molecular complexity index is 688. The van der Waals surface area contributed by atoms with Crippen LogP contribution in [-0.4, -0.2) is 33.3 Å². The van der Waals surface area contributed by atoms with Crippen LogP contribution < -0.4 is 10.0 Å². The van der Waals surface area contributed by atoms with Crippen molar-refractivity contribution in [2.75, 3.05) is 29.0 Å². The number of hydrogen-bond donors (Lipinski definition) is 2. The van der Waals surface area contributed by atoms with Crippen molar-refractivity contribution in [3.8, 4) is 0 Å². The van der Waals surface area contributed by atoms with E-state index in [9.17, 15) is 22.0 Å². The number of anilines is 2. The van der Waals surface area contributed by atoms with Crippen LogP contribution in [0.15, 0.2) is 12.1 Å². The molecule has 23 heavy (non-hydrogen) atoms. The molecule has 0 aliphatic carbocycles. The van der Waals surface area contributed by atoms with E-state index in [1.54, 1.807) is 6.92 Å². The molecule has 2 rings (SSSR count). The molecule has 1 fully saturated rings. The van der Waals surface area contributed by atoms with E-state index in [4.69, 9.17) is 4.74 Å². The Labute approximate surface area is 133 Å². The Hall–Kier alpha value is -1.74. The van der Waals surface area contributed by atoms with Crippen LogP contribution in [0.2, 0.25) is 0 Å². The maximum atomic E-state index is 13.8. The van der Waals surface area contributed by atoms with E-state index >= 15 is 0 Å². The molecule has 1 aromatic rings. The first-order valence-corrected chi connectivity index (χ1v) is 8.85. The van der Waals surface area contributed by atoms with Crippen molar-refractivity contribution in [3.05, 3.63) is 23.8 Å². The number of hydrogen-bond acceptors (Lipinski definition) is 4. The van der Waals surface area contributed by atoms with Gasteiger partial charge in [0, 0.05) is 12.7 Å². The standard InChI is InChI=1S/C14H18F2N2O4S/c1-2-5-23(20,21)18-13-7-12(10(15)6-11(13)16)17-14(19)9-3-4-22-8-9/h6-7,9,18H,2-5,8H2,1H3,(H,17,19). The van der Waals surface area contributed by atoms with Crippen LogP contribution in [-0.2, 0) is 19.6 Å². The van der Waals surface area contributed by atoms with Crippen LogP contribution in [0.1, 0.15) is 19.8 Å². The van der Waals surface area contributed by atoms with Gasteiger partial charge in [-0.05, 0) is 18.9 Å². The zero-order chi connectivity index (χ0) is 17.0. The van der Waals surface area contributed by atoms with Gasteiger partial charge in [0.25, 0.3) is 0 Å². The molecule has 1 amide bonds. The van der Waals surface area contributed by atoms with Gasteiger partial charge in [0.15, 0.2) is 0 Å². The fourth-order valence-corrected chi connectivity index (χ4v) is 3.32. The summed E-state index contributed by atoms with van der Waals surface area (Å²) in [7, 11) is -3.73. The first kappa shape index (κ1) is 17.6. The van der Waals surface area contributed by atoms with E-state index in [1.165, 1.54) is 0 Å². The molecule has 0 aromatic heterocycles. The molecule has 1 aliphatic heterocycles. The number of carbonyl (C=O) groups excluding carboxylic acids is 1. The van der Waals surface area contributed by atoms with Crippen molar-refractivity contribution < 1.29 is 26.7 Å². The number of sulfonamides is 1. The van der Waals surface area contributed by atoms with Crippen molar-refractivity contribution in [1.82, 2.24) is 0 Å². The molecule has 0 radical (unpaired) electrons. The van der Waals surface area contributed by atoms with Crippen LogP contribution in [0, 0.1) is 17.6 Å². The van der Waals surface area contributed by atoms with Gasteiger partial charge in [0.05, 0.1) is 29.7 Å². The highest BCUT2D eigenvalue weighted by atomic mass is 32.2. The highest BCUT2D eigenvalue weighted by Crippen LogP contribution is 2.25. The average Bonchev–Trinajstić information content (AvgIpc) is 2.97. The van der Waals surface area contributed by atoms with E-state index in [1.807, 2.05) is 0 Å². The third-order valence-electron chi connectivity index (χ3n) is 3.35. The average molecular weight is 348 g/mol. The number of benzene rings is 1. The van der Waals surface area contributed by atoms with Gasteiger partial charge in [-0.25, -0.2) is 17.2 Å². The number of ether oxygens (including phenoxy) is 1. The van der Waals surface area contributed by atoms with E-state index in [2.05, 4.69) is 10.0 Å². The van der Waals surface area contributed by atoms with E-state index in [0.717, 1.165) is 6.07 Å². The van der Waals surface area contributed by atoms with Gasteiger partial charge in [-0.3, -0.25) is 9.52 Å². The van der Waals surface area contributed by atoms with E-state index < -0.39 is 39.2 Å². The van der Waals surface area contributed by atoms with E-state index in [0.29, 0.717) is 25.5 Å². The highest BCUT2D eigenvalue weighted by molar-refractivity contribution is 7.92. The molecule has 1 aromatic carbocycles. The molecule has 128 valence electrons. The molecule has 0 bridgehead atoms. The zero-order valence-electron chi connectivity index (χ0n) is 12.6. The molecule has 2 N–H and O–H groups in total. The molecular formula is C14H18F2N2O4S. The molecular weight excluding hydrogens is 330 g/mol. The molecule has 0 saturated carbocycles. The third-order valence-corrected chi connectivity index (χ3v) is 4.83. The molecule has 1 heterocycles. The van der Waals surface area contributed by atoms with E-state index in [-0.39, 0.29) is 18.0 Å². The summed E-state index contributed by atoms with van der Waals surface area (Å²) in [6, 6.07) is 1.47. The quantitative estimate of drug-likeness (QED) is 0.824. The molecule has 9 heteroatoms. The van der Waals surface area contributed by atoms with Gasteiger partial charge in [-0.15, -0.1) is 0 Å². The molecule has 1 unspecified atom stereocenters. The Kier molecular flexibility index (Phi) is 5.53. The maximum absolute atomic E-state index is 13.8. The molecule has 1 atom stereocenters. The summed E-state index contributed by atoms with van der Waals surface area (Å²) < 4.78 is 58.1. The molecule has 1 saturated heterocycles. The SMILES string of the molecule is CCCS(=O)(=O)Nc1cc(NC(=O)C2CCOC2)c(F)cc1F. The fraction of sp³-hybridized carbons (Fsp3) is 0.500. The predicted octanol–water partition coefficient (Wildman–Crippen LogP) is 2.09. The summed E-state index contributed by atoms with van der Waals surface area (Å²) in [4.78, 5) is 12.0. The third kappa shape index (κ3) is 4.61. The van der Waals surface area contributed by atoms with Crippen LogP contribution >= 0.6 is 0 Å². The lowest BCUT2D eigenvalue weighted by Crippen LogP contribution is -2.24. The van der Waals surface area contributed by atoms with Gasteiger partial charge >= 0.3 is 0 Å². The van der Waals surface area contributed by atoms with Crippen molar-refractivity contribution in [2.45, 2.75) is 19.8 Å². The van der Waals surface area contributed by atoms with Crippen LogP contribution in [0.4, 0.5) is 20.2 Å². The van der Waals surface area contributed by atoms with Gasteiger partial charge < -0.3 is 10.1 Å². The minimum atomic E-state index is -3.73. The first-order valence-electron chi connectivity index (χ1n) is 7.20. The number of halogens is 2. The zero-order valence-corrected chi connectivity index (χ0v) is 13.4. The predicted molar refractivity (Wildman–Crippen MR) is 81.6 cm³/mol. The first-order chi connectivity index (χ1) is 10.8. The van der Waals surface area contributed by atoms with Crippen LogP contribution in [0.3, 0.4) is 0 Å². The Morgan fingerprint density at radius 2 is 2.00 bits per heavy atom. The normalized spacial score (nSPS) is 18.0. The second-order valence-electron chi connectivity index (χ2n) is 5.28. The number of nitrogens with one attached hydrogen (secondary N) is 2. The lowest BCUT2D eigenvalue weighted by atomic mass is 10.1. The van der Waals surface area contributed by atoms with Gasteiger partial charge in [-0.1, -0.05) is 6.92 Å². The molecule has 0 spiro atoms. The maximum Gasteiger partial charge on any atom is 0.232 e. The lowest BCUT2D eigenvalue weighted by molar-refractivity contribution is -0.119. The summed E-state index contributed by atoms with van der Waals surface area (Å²) in [5, 5.41) is 2.34. The second kappa shape index (κ2) is 7.22. The van der Waals surface area contributed by atoms with Crippen molar-refractivity contribution in [1.29, 1.82) is 0 Å². The minimum absolute atomic E-state index is 0.190. The number of rotatable bonds is 6. The topological polar surface area (TPSA) is 84.5 Å². The Balaban J connectivity index is 2.20. The Morgan fingerprint density at radius 1 is 1.30 bits per heavy atom. The monoisotopic (exact) mass is 348 g/mol. The van der Waals surface area contributed by atoms with Gasteiger partial charge in [-0.2, -0.15) is 0 Å². The smallest absolute Gasteiger partial charge is 0.232 e. The Morgan fingerprint density at radius 3 is 2.61 bits per heavy atom. The summed E-state index contributed by atoms with van der Waals surface area (Å²) >= 11 is 0. The highest BCUT2D eigenvalue weighted by Gasteiger charge is 2.25. The number of carbonyl (C=O) groups is 1. The summed E-state index contributed by atoms with van der Waals surface area (Å²) in [6.07, 6.45) is 0.869. The van der Waals surface area contributed by atoms with Crippen molar-refractivity contribution in [2.24, 2.45) is 5.92 Å². The van der Waals surface area contributed by atoms with Crippen molar-refractivity contribution in [3.63, 3.8) is 0 Å². The summed E-state index contributed by atoms with van der Waals surface area (Å²) in [5.74, 6) is -3.07. The number of amides is 1. The van der Waals surface area contributed by atoms with Crippen LogP contribution in [0.25, 0.3) is 0 Å². The minimum Gasteiger partial charge on any atom is -0.381 e.